The van der Waals surface area contributed by atoms with E-state index in [1.807, 2.05) is 41.5 Å². The normalized spacial score (nSPS) is 35.9. The topological polar surface area (TPSA) is 92.3 Å². The van der Waals surface area contributed by atoms with Gasteiger partial charge in [0.05, 0.1) is 19.3 Å². The molecule has 0 spiro atoms. The summed E-state index contributed by atoms with van der Waals surface area (Å²) in [6.45, 7) is 15.6. The van der Waals surface area contributed by atoms with Gasteiger partial charge < -0.3 is 47.4 Å². The molecule has 0 aromatic heterocycles. The quantitative estimate of drug-likeness (QED) is 0.292. The summed E-state index contributed by atoms with van der Waals surface area (Å²) in [6.07, 6.45) is -3.33. The van der Waals surface area contributed by atoms with Crippen molar-refractivity contribution in [2.24, 2.45) is 0 Å². The van der Waals surface area contributed by atoms with Gasteiger partial charge in [0.2, 0.25) is 0 Å². The highest BCUT2D eigenvalue weighted by atomic mass is 16.8. The van der Waals surface area contributed by atoms with Crippen molar-refractivity contribution in [3.63, 3.8) is 0 Å². The summed E-state index contributed by atoms with van der Waals surface area (Å²) in [7, 11) is 1.62. The van der Waals surface area contributed by atoms with Crippen molar-refractivity contribution in [2.45, 2.75) is 103 Å². The Morgan fingerprint density at radius 2 is 1.14 bits per heavy atom. The molecule has 0 unspecified atom stereocenters. The smallest absolute Gasteiger partial charge is 0.186 e. The largest absolute Gasteiger partial charge is 0.379 e. The number of hydrogen-bond acceptors (Lipinski definition) is 10. The molecule has 35 heavy (non-hydrogen) atoms. The van der Waals surface area contributed by atoms with Crippen LogP contribution in [0.15, 0.2) is 0 Å². The third-order valence-corrected chi connectivity index (χ3v) is 6.07. The molecule has 2 rings (SSSR count). The van der Waals surface area contributed by atoms with Crippen LogP contribution in [-0.4, -0.2) is 115 Å². The molecule has 2 aliphatic rings. The summed E-state index contributed by atoms with van der Waals surface area (Å²) >= 11 is 0. The minimum atomic E-state index is -0.668. The molecule has 0 bridgehead atoms. The third kappa shape index (κ3) is 8.84. The Morgan fingerprint density at radius 3 is 1.71 bits per heavy atom. The fourth-order valence-corrected chi connectivity index (χ4v) is 4.58. The summed E-state index contributed by atoms with van der Waals surface area (Å²) in [5.74, 6) is 0. The van der Waals surface area contributed by atoms with Crippen LogP contribution in [0.5, 0.6) is 0 Å². The molecule has 2 aliphatic heterocycles. The molecule has 2 heterocycles. The Balaban J connectivity index is 2.31. The highest BCUT2D eigenvalue weighted by Gasteiger charge is 2.51. The van der Waals surface area contributed by atoms with Gasteiger partial charge >= 0.3 is 0 Å². The van der Waals surface area contributed by atoms with E-state index in [2.05, 4.69) is 0 Å². The van der Waals surface area contributed by atoms with Gasteiger partial charge in [-0.15, -0.1) is 0 Å². The van der Waals surface area contributed by atoms with Crippen molar-refractivity contribution in [3.8, 4) is 0 Å². The van der Waals surface area contributed by atoms with Crippen LogP contribution >= 0.6 is 0 Å². The monoisotopic (exact) mass is 508 g/mol. The minimum Gasteiger partial charge on any atom is -0.379 e. The first-order valence-electron chi connectivity index (χ1n) is 13.2. The Kier molecular flexibility index (Phi) is 15.1. The number of hydrogen-bond donors (Lipinski definition) is 0. The summed E-state index contributed by atoms with van der Waals surface area (Å²) in [6, 6.07) is 0. The van der Waals surface area contributed by atoms with E-state index in [0.29, 0.717) is 59.3 Å². The summed E-state index contributed by atoms with van der Waals surface area (Å²) in [5, 5.41) is 0. The van der Waals surface area contributed by atoms with E-state index in [4.69, 9.17) is 47.4 Å². The molecular formula is C25H48O10. The molecule has 0 aromatic rings. The van der Waals surface area contributed by atoms with Crippen LogP contribution in [0, 0.1) is 0 Å². The van der Waals surface area contributed by atoms with Gasteiger partial charge in [-0.05, 0) is 41.5 Å². The van der Waals surface area contributed by atoms with Gasteiger partial charge in [0.1, 0.15) is 36.6 Å². The van der Waals surface area contributed by atoms with Crippen LogP contribution in [0.1, 0.15) is 48.0 Å². The number of methoxy groups -OCH3 is 1. The minimum absolute atomic E-state index is 0.151. The molecule has 10 nitrogen and oxygen atoms in total. The maximum Gasteiger partial charge on any atom is 0.186 e. The first-order valence-corrected chi connectivity index (χ1v) is 13.2. The van der Waals surface area contributed by atoms with Crippen molar-refractivity contribution in [1.82, 2.24) is 0 Å². The summed E-state index contributed by atoms with van der Waals surface area (Å²) in [4.78, 5) is 0. The average Bonchev–Trinajstić information content (AvgIpc) is 2.85. The van der Waals surface area contributed by atoms with E-state index >= 15 is 0 Å². The lowest BCUT2D eigenvalue weighted by molar-refractivity contribution is -0.359. The van der Waals surface area contributed by atoms with E-state index in [1.165, 1.54) is 0 Å². The fraction of sp³-hybridized carbons (Fsp3) is 1.00. The molecule has 9 atom stereocenters. The highest BCUT2D eigenvalue weighted by molar-refractivity contribution is 4.94. The zero-order valence-corrected chi connectivity index (χ0v) is 22.6. The molecule has 2 fully saturated rings. The van der Waals surface area contributed by atoms with Gasteiger partial charge in [0.15, 0.2) is 12.6 Å². The van der Waals surface area contributed by atoms with Crippen molar-refractivity contribution in [3.05, 3.63) is 0 Å². The molecular weight excluding hydrogens is 460 g/mol. The molecule has 0 radical (unpaired) electrons. The molecule has 10 heteroatoms. The van der Waals surface area contributed by atoms with E-state index in [0.717, 1.165) is 0 Å². The molecule has 208 valence electrons. The van der Waals surface area contributed by atoms with Crippen molar-refractivity contribution < 1.29 is 47.4 Å². The van der Waals surface area contributed by atoms with Crippen LogP contribution in [-0.2, 0) is 47.4 Å². The van der Waals surface area contributed by atoms with Crippen LogP contribution in [0.3, 0.4) is 0 Å². The lowest BCUT2D eigenvalue weighted by atomic mass is 9.97. The second-order valence-corrected chi connectivity index (χ2v) is 8.30. The van der Waals surface area contributed by atoms with Gasteiger partial charge in [0.25, 0.3) is 0 Å². The standard InChI is InChI=1S/C25H48O10/c1-8-27-15-19-17(29-10-3)14-18(30-11-4)24(33-19)35-21-20(16-28-9-2)34-25(32-13-6)23(26-7)22(21)31-12-5/h17-25H,8-16H2,1-7H3/t17-,18+,19+,20+,21+,22-,23+,24-,25+/m0/s1. The van der Waals surface area contributed by atoms with Gasteiger partial charge in [-0.3, -0.25) is 0 Å². The molecule has 0 N–H and O–H groups in total. The lowest BCUT2D eigenvalue weighted by Crippen LogP contribution is -2.64. The Morgan fingerprint density at radius 1 is 0.571 bits per heavy atom. The maximum atomic E-state index is 6.64. The van der Waals surface area contributed by atoms with Crippen molar-refractivity contribution >= 4 is 0 Å². The Labute approximate surface area is 211 Å². The van der Waals surface area contributed by atoms with E-state index in [1.54, 1.807) is 7.11 Å². The molecule has 0 amide bonds. The third-order valence-electron chi connectivity index (χ3n) is 6.07. The van der Waals surface area contributed by atoms with Crippen molar-refractivity contribution in [1.29, 1.82) is 0 Å². The first-order chi connectivity index (χ1) is 17.1. The SMILES string of the molecule is CCOC[C@H]1O[C@@H](OCC)[C@H](OC)[C@@H](OCC)[C@@H]1O[C@@H]1O[C@H](COCC)[C@@H](OCC)C[C@H]1OCC. The Bertz CT molecular complexity index is 538. The van der Waals surface area contributed by atoms with Gasteiger partial charge in [0, 0.05) is 53.2 Å². The summed E-state index contributed by atoms with van der Waals surface area (Å²) in [5.41, 5.74) is 0. The molecule has 0 aromatic carbocycles. The van der Waals surface area contributed by atoms with Crippen LogP contribution in [0.4, 0.5) is 0 Å². The maximum absolute atomic E-state index is 6.64. The molecule has 0 aliphatic carbocycles. The first kappa shape index (κ1) is 30.8. The highest BCUT2D eigenvalue weighted by Crippen LogP contribution is 2.33. The van der Waals surface area contributed by atoms with Crippen LogP contribution in [0.2, 0.25) is 0 Å². The predicted molar refractivity (Wildman–Crippen MR) is 128 cm³/mol. The molecule has 2 saturated heterocycles. The number of ether oxygens (including phenoxy) is 10. The van der Waals surface area contributed by atoms with Gasteiger partial charge in [-0.25, -0.2) is 0 Å². The lowest BCUT2D eigenvalue weighted by Gasteiger charge is -2.48. The second-order valence-electron chi connectivity index (χ2n) is 8.30. The van der Waals surface area contributed by atoms with Crippen LogP contribution < -0.4 is 0 Å². The average molecular weight is 509 g/mol. The summed E-state index contributed by atoms with van der Waals surface area (Å²) < 4.78 is 60.6. The van der Waals surface area contributed by atoms with Crippen molar-refractivity contribution in [2.75, 3.05) is 60.0 Å². The second kappa shape index (κ2) is 17.2. The van der Waals surface area contributed by atoms with Gasteiger partial charge in [-0.2, -0.15) is 0 Å². The van der Waals surface area contributed by atoms with Crippen LogP contribution in [0.25, 0.3) is 0 Å². The fourth-order valence-electron chi connectivity index (χ4n) is 4.58. The van der Waals surface area contributed by atoms with E-state index in [9.17, 15) is 0 Å². The number of rotatable bonds is 17. The molecule has 0 saturated carbocycles. The zero-order chi connectivity index (χ0) is 25.6. The Hall–Kier alpha value is -0.400. The zero-order valence-electron chi connectivity index (χ0n) is 22.6. The van der Waals surface area contributed by atoms with E-state index < -0.39 is 37.0 Å². The van der Waals surface area contributed by atoms with E-state index in [-0.39, 0.29) is 18.3 Å². The van der Waals surface area contributed by atoms with Gasteiger partial charge in [-0.1, -0.05) is 0 Å². The predicted octanol–water partition coefficient (Wildman–Crippen LogP) is 2.55.